The van der Waals surface area contributed by atoms with Crippen LogP contribution in [0.25, 0.3) is 10.4 Å². The summed E-state index contributed by atoms with van der Waals surface area (Å²) in [7, 11) is 0. The van der Waals surface area contributed by atoms with Gasteiger partial charge in [-0.1, -0.05) is 25.9 Å². The minimum absolute atomic E-state index is 0.0141. The minimum atomic E-state index is -0.373. The van der Waals surface area contributed by atoms with E-state index >= 15 is 0 Å². The van der Waals surface area contributed by atoms with Gasteiger partial charge in [0, 0.05) is 23.4 Å². The monoisotopic (exact) mass is 302 g/mol. The number of rotatable bonds is 12. The molecular formula is C13H26N4O4. The summed E-state index contributed by atoms with van der Waals surface area (Å²) < 4.78 is 15.8. The third-order valence-corrected chi connectivity index (χ3v) is 2.36. The van der Waals surface area contributed by atoms with E-state index in [-0.39, 0.29) is 11.3 Å². The van der Waals surface area contributed by atoms with Crippen molar-refractivity contribution in [2.75, 3.05) is 52.7 Å². The van der Waals surface area contributed by atoms with Crippen molar-refractivity contribution in [2.45, 2.75) is 20.8 Å². The van der Waals surface area contributed by atoms with Gasteiger partial charge in [0.1, 0.15) is 0 Å². The maximum Gasteiger partial charge on any atom is 0.225 e. The minimum Gasteiger partial charge on any atom is -0.379 e. The highest BCUT2D eigenvalue weighted by atomic mass is 16.5. The van der Waals surface area contributed by atoms with Crippen LogP contribution in [0.5, 0.6) is 0 Å². The second kappa shape index (κ2) is 12.4. The van der Waals surface area contributed by atoms with Gasteiger partial charge in [-0.3, -0.25) is 4.79 Å². The van der Waals surface area contributed by atoms with Crippen molar-refractivity contribution >= 4 is 5.91 Å². The zero-order valence-electron chi connectivity index (χ0n) is 13.1. The van der Waals surface area contributed by atoms with Gasteiger partial charge in [-0.05, 0) is 5.53 Å². The van der Waals surface area contributed by atoms with Crippen molar-refractivity contribution in [3.63, 3.8) is 0 Å². The van der Waals surface area contributed by atoms with Gasteiger partial charge < -0.3 is 19.5 Å². The van der Waals surface area contributed by atoms with Crippen LogP contribution in [-0.2, 0) is 19.0 Å². The maximum atomic E-state index is 11.5. The van der Waals surface area contributed by atoms with E-state index in [1.165, 1.54) is 0 Å². The summed E-state index contributed by atoms with van der Waals surface area (Å²) in [6, 6.07) is 0. The van der Waals surface area contributed by atoms with E-state index in [0.717, 1.165) is 0 Å². The molecule has 0 saturated carbocycles. The fourth-order valence-corrected chi connectivity index (χ4v) is 1.19. The number of nitrogens with zero attached hydrogens (tertiary/aromatic N) is 3. The molecule has 0 aromatic rings. The Morgan fingerprint density at radius 2 is 1.57 bits per heavy atom. The first kappa shape index (κ1) is 19.7. The maximum absolute atomic E-state index is 11.5. The molecule has 0 saturated heterocycles. The third kappa shape index (κ3) is 13.4. The highest BCUT2D eigenvalue weighted by molar-refractivity contribution is 5.81. The number of carbonyl (C=O) groups excluding carboxylic acids is 1. The normalized spacial score (nSPS) is 11.0. The van der Waals surface area contributed by atoms with Gasteiger partial charge in [0.25, 0.3) is 0 Å². The van der Waals surface area contributed by atoms with E-state index in [0.29, 0.717) is 52.7 Å². The SMILES string of the molecule is CC(C)(C)C(=O)NCCOCCOCCOCCN=[N+]=[N-]. The molecular weight excluding hydrogens is 276 g/mol. The van der Waals surface area contributed by atoms with Crippen molar-refractivity contribution in [1.82, 2.24) is 5.32 Å². The molecule has 0 aliphatic rings. The average molecular weight is 302 g/mol. The molecule has 8 nitrogen and oxygen atoms in total. The van der Waals surface area contributed by atoms with E-state index in [1.54, 1.807) is 0 Å². The Morgan fingerprint density at radius 1 is 1.05 bits per heavy atom. The molecule has 0 atom stereocenters. The van der Waals surface area contributed by atoms with Crippen LogP contribution in [0, 0.1) is 5.41 Å². The van der Waals surface area contributed by atoms with Gasteiger partial charge in [0.05, 0.1) is 39.6 Å². The molecule has 0 rings (SSSR count). The first-order chi connectivity index (χ1) is 9.98. The Bertz CT molecular complexity index is 325. The summed E-state index contributed by atoms with van der Waals surface area (Å²) >= 11 is 0. The van der Waals surface area contributed by atoms with E-state index in [4.69, 9.17) is 19.7 Å². The molecule has 0 spiro atoms. The third-order valence-electron chi connectivity index (χ3n) is 2.36. The smallest absolute Gasteiger partial charge is 0.225 e. The number of carbonyl (C=O) groups is 1. The first-order valence-electron chi connectivity index (χ1n) is 7.01. The standard InChI is InChI=1S/C13H26N4O4/c1-13(2,3)12(18)15-4-6-19-8-10-21-11-9-20-7-5-16-17-14/h4-11H2,1-3H3,(H,15,18). The lowest BCUT2D eigenvalue weighted by molar-refractivity contribution is -0.128. The lowest BCUT2D eigenvalue weighted by atomic mass is 9.96. The lowest BCUT2D eigenvalue weighted by Gasteiger charge is -2.17. The van der Waals surface area contributed by atoms with Crippen LogP contribution in [0.2, 0.25) is 0 Å². The molecule has 0 unspecified atom stereocenters. The van der Waals surface area contributed by atoms with E-state index in [2.05, 4.69) is 15.3 Å². The molecule has 0 aliphatic heterocycles. The molecule has 0 aliphatic carbocycles. The molecule has 8 heteroatoms. The lowest BCUT2D eigenvalue weighted by Crippen LogP contribution is -2.36. The Morgan fingerprint density at radius 3 is 2.10 bits per heavy atom. The molecule has 1 N–H and O–H groups in total. The van der Waals surface area contributed by atoms with E-state index in [9.17, 15) is 4.79 Å². The summed E-state index contributed by atoms with van der Waals surface area (Å²) in [6.45, 7) is 9.19. The van der Waals surface area contributed by atoms with Crippen molar-refractivity contribution in [2.24, 2.45) is 10.5 Å². The number of ether oxygens (including phenoxy) is 3. The summed E-state index contributed by atoms with van der Waals surface area (Å²) in [5, 5.41) is 6.14. The highest BCUT2D eigenvalue weighted by Gasteiger charge is 2.20. The quantitative estimate of drug-likeness (QED) is 0.255. The summed E-state index contributed by atoms with van der Waals surface area (Å²) in [5.74, 6) is 0.0141. The van der Waals surface area contributed by atoms with Crippen LogP contribution >= 0.6 is 0 Å². The molecule has 0 fully saturated rings. The molecule has 0 aromatic heterocycles. The highest BCUT2D eigenvalue weighted by Crippen LogP contribution is 2.11. The predicted octanol–water partition coefficient (Wildman–Crippen LogP) is 1.51. The fourth-order valence-electron chi connectivity index (χ4n) is 1.19. The number of amides is 1. The zero-order valence-corrected chi connectivity index (χ0v) is 13.1. The molecule has 0 aromatic carbocycles. The Hall–Kier alpha value is -1.34. The summed E-state index contributed by atoms with van der Waals surface area (Å²) in [6.07, 6.45) is 0. The fraction of sp³-hybridized carbons (Fsp3) is 0.923. The molecule has 0 bridgehead atoms. The summed E-state index contributed by atoms with van der Waals surface area (Å²) in [4.78, 5) is 14.1. The van der Waals surface area contributed by atoms with Crippen molar-refractivity contribution in [1.29, 1.82) is 0 Å². The average Bonchev–Trinajstić information content (AvgIpc) is 2.42. The molecule has 1 amide bonds. The Balaban J connectivity index is 3.19. The van der Waals surface area contributed by atoms with Gasteiger partial charge >= 0.3 is 0 Å². The van der Waals surface area contributed by atoms with Gasteiger partial charge in [0.15, 0.2) is 0 Å². The van der Waals surface area contributed by atoms with Gasteiger partial charge in [-0.15, -0.1) is 0 Å². The van der Waals surface area contributed by atoms with Gasteiger partial charge in [-0.25, -0.2) is 0 Å². The van der Waals surface area contributed by atoms with Crippen LogP contribution in [0.15, 0.2) is 5.11 Å². The van der Waals surface area contributed by atoms with E-state index in [1.807, 2.05) is 20.8 Å². The number of nitrogens with one attached hydrogen (secondary N) is 1. The summed E-state index contributed by atoms with van der Waals surface area (Å²) in [5.41, 5.74) is 7.67. The van der Waals surface area contributed by atoms with Crippen LogP contribution in [0.4, 0.5) is 0 Å². The first-order valence-corrected chi connectivity index (χ1v) is 7.01. The van der Waals surface area contributed by atoms with Gasteiger partial charge in [-0.2, -0.15) is 0 Å². The predicted molar refractivity (Wildman–Crippen MR) is 78.9 cm³/mol. The van der Waals surface area contributed by atoms with Crippen molar-refractivity contribution in [3.05, 3.63) is 10.4 Å². The number of hydrogen-bond acceptors (Lipinski definition) is 5. The number of azide groups is 1. The van der Waals surface area contributed by atoms with Crippen molar-refractivity contribution < 1.29 is 19.0 Å². The topological polar surface area (TPSA) is 106 Å². The van der Waals surface area contributed by atoms with Crippen molar-refractivity contribution in [3.8, 4) is 0 Å². The zero-order chi connectivity index (χ0) is 16.0. The van der Waals surface area contributed by atoms with Crippen LogP contribution in [0.1, 0.15) is 20.8 Å². The Kier molecular flexibility index (Phi) is 11.6. The second-order valence-electron chi connectivity index (χ2n) is 5.30. The van der Waals surface area contributed by atoms with E-state index < -0.39 is 0 Å². The molecule has 0 radical (unpaired) electrons. The molecule has 122 valence electrons. The van der Waals surface area contributed by atoms with Crippen LogP contribution < -0.4 is 5.32 Å². The Labute approximate surface area is 125 Å². The van der Waals surface area contributed by atoms with Crippen LogP contribution in [-0.4, -0.2) is 58.6 Å². The van der Waals surface area contributed by atoms with Crippen LogP contribution in [0.3, 0.4) is 0 Å². The number of hydrogen-bond donors (Lipinski definition) is 1. The van der Waals surface area contributed by atoms with Gasteiger partial charge in [0.2, 0.25) is 5.91 Å². The molecule has 21 heavy (non-hydrogen) atoms. The largest absolute Gasteiger partial charge is 0.379 e. The second-order valence-corrected chi connectivity index (χ2v) is 5.30. The molecule has 0 heterocycles.